The fourth-order valence-corrected chi connectivity index (χ4v) is 4.70. The summed E-state index contributed by atoms with van der Waals surface area (Å²) in [5, 5.41) is 8.64. The maximum absolute atomic E-state index is 12.6. The van der Waals surface area contributed by atoms with Crippen LogP contribution >= 0.6 is 34.0 Å². The highest BCUT2D eigenvalue weighted by atomic mass is 32.1. The predicted octanol–water partition coefficient (Wildman–Crippen LogP) is 5.52. The Kier molecular flexibility index (Phi) is 5.24. The summed E-state index contributed by atoms with van der Waals surface area (Å²) in [4.78, 5) is 30.3. The van der Waals surface area contributed by atoms with Crippen LogP contribution in [0, 0.1) is 0 Å². The van der Waals surface area contributed by atoms with Crippen molar-refractivity contribution in [3.63, 3.8) is 0 Å². The molecule has 0 fully saturated rings. The Morgan fingerprint density at radius 3 is 2.52 bits per heavy atom. The van der Waals surface area contributed by atoms with Crippen LogP contribution in [0.2, 0.25) is 0 Å². The van der Waals surface area contributed by atoms with Crippen molar-refractivity contribution in [3.8, 4) is 10.6 Å². The highest BCUT2D eigenvalue weighted by Crippen LogP contribution is 2.26. The van der Waals surface area contributed by atoms with Crippen molar-refractivity contribution in [1.82, 2.24) is 4.98 Å². The molecule has 0 aliphatic carbocycles. The average molecular weight is 412 g/mol. The SMILES string of the molecule is O=C(OCc1csc(-c2ccsc2)n1)c1ccccc1C(=O)c1cccs1. The Bertz CT molecular complexity index is 1070. The van der Waals surface area contributed by atoms with Gasteiger partial charge in [0.15, 0.2) is 0 Å². The Labute approximate surface area is 167 Å². The van der Waals surface area contributed by atoms with Crippen LogP contribution < -0.4 is 0 Å². The second-order valence-electron chi connectivity index (χ2n) is 5.58. The maximum atomic E-state index is 12.6. The van der Waals surface area contributed by atoms with Gasteiger partial charge in [0.05, 0.1) is 16.1 Å². The molecule has 0 atom stereocenters. The van der Waals surface area contributed by atoms with Gasteiger partial charge >= 0.3 is 5.97 Å². The third kappa shape index (κ3) is 3.90. The number of ether oxygens (including phenoxy) is 1. The molecule has 4 aromatic rings. The summed E-state index contributed by atoms with van der Waals surface area (Å²) in [6, 6.07) is 12.3. The summed E-state index contributed by atoms with van der Waals surface area (Å²) >= 11 is 4.47. The number of nitrogens with zero attached hydrogens (tertiary/aromatic N) is 1. The molecule has 0 saturated carbocycles. The Morgan fingerprint density at radius 2 is 1.78 bits per heavy atom. The number of aromatic nitrogens is 1. The lowest BCUT2D eigenvalue weighted by Gasteiger charge is -2.07. The largest absolute Gasteiger partial charge is 0.456 e. The third-order valence-corrected chi connectivity index (χ3v) is 6.30. The fraction of sp³-hybridized carbons (Fsp3) is 0.0500. The molecular formula is C20H13NO3S3. The molecular weight excluding hydrogens is 398 g/mol. The van der Waals surface area contributed by atoms with E-state index < -0.39 is 5.97 Å². The Hall–Kier alpha value is -2.61. The lowest BCUT2D eigenvalue weighted by atomic mass is 10.0. The molecule has 0 N–H and O–H groups in total. The quantitative estimate of drug-likeness (QED) is 0.310. The number of thiophene rings is 2. The van der Waals surface area contributed by atoms with Crippen LogP contribution in [0.4, 0.5) is 0 Å². The van der Waals surface area contributed by atoms with Crippen LogP contribution in [-0.2, 0) is 11.3 Å². The smallest absolute Gasteiger partial charge is 0.339 e. The number of ketones is 1. The van der Waals surface area contributed by atoms with E-state index in [1.807, 2.05) is 33.7 Å². The highest BCUT2D eigenvalue weighted by Gasteiger charge is 2.20. The zero-order valence-electron chi connectivity index (χ0n) is 14.0. The first-order valence-corrected chi connectivity index (χ1v) is 10.7. The minimum atomic E-state index is -0.527. The van der Waals surface area contributed by atoms with Crippen molar-refractivity contribution in [2.75, 3.05) is 0 Å². The molecule has 4 rings (SSSR count). The van der Waals surface area contributed by atoms with E-state index in [-0.39, 0.29) is 18.0 Å². The maximum Gasteiger partial charge on any atom is 0.339 e. The Morgan fingerprint density at radius 1 is 0.926 bits per heavy atom. The van der Waals surface area contributed by atoms with E-state index in [0.29, 0.717) is 16.1 Å². The van der Waals surface area contributed by atoms with Gasteiger partial charge in [-0.2, -0.15) is 11.3 Å². The zero-order chi connectivity index (χ0) is 18.6. The molecule has 0 amide bonds. The van der Waals surface area contributed by atoms with E-state index in [9.17, 15) is 9.59 Å². The van der Waals surface area contributed by atoms with Crippen molar-refractivity contribution >= 4 is 45.8 Å². The van der Waals surface area contributed by atoms with Crippen LogP contribution in [0.15, 0.2) is 64.0 Å². The number of esters is 1. The zero-order valence-corrected chi connectivity index (χ0v) is 16.4. The number of carbonyl (C=O) groups excluding carboxylic acids is 2. The van der Waals surface area contributed by atoms with Gasteiger partial charge in [-0.3, -0.25) is 4.79 Å². The number of carbonyl (C=O) groups is 2. The van der Waals surface area contributed by atoms with E-state index in [4.69, 9.17) is 4.74 Å². The van der Waals surface area contributed by atoms with Crippen molar-refractivity contribution < 1.29 is 14.3 Å². The second-order valence-corrected chi connectivity index (χ2v) is 8.17. The van der Waals surface area contributed by atoms with Crippen molar-refractivity contribution in [2.45, 2.75) is 6.61 Å². The van der Waals surface area contributed by atoms with E-state index in [2.05, 4.69) is 4.98 Å². The number of thiazole rings is 1. The molecule has 0 saturated heterocycles. The van der Waals surface area contributed by atoms with Crippen LogP contribution in [0.1, 0.15) is 31.3 Å². The topological polar surface area (TPSA) is 56.3 Å². The van der Waals surface area contributed by atoms with Gasteiger partial charge in [-0.25, -0.2) is 9.78 Å². The molecule has 0 spiro atoms. The molecule has 3 aromatic heterocycles. The number of benzene rings is 1. The van der Waals surface area contributed by atoms with E-state index in [0.717, 1.165) is 10.6 Å². The second kappa shape index (κ2) is 7.96. The summed E-state index contributed by atoms with van der Waals surface area (Å²) in [5.74, 6) is -0.702. The average Bonchev–Trinajstić information content (AvgIpc) is 3.47. The fourth-order valence-electron chi connectivity index (χ4n) is 2.51. The molecule has 0 unspecified atom stereocenters. The summed E-state index contributed by atoms with van der Waals surface area (Å²) in [6.45, 7) is 0.0704. The van der Waals surface area contributed by atoms with Crippen molar-refractivity contribution in [1.29, 1.82) is 0 Å². The highest BCUT2D eigenvalue weighted by molar-refractivity contribution is 7.14. The molecule has 3 heterocycles. The lowest BCUT2D eigenvalue weighted by molar-refractivity contribution is 0.0466. The van der Waals surface area contributed by atoms with Crippen molar-refractivity contribution in [3.05, 3.63) is 85.7 Å². The lowest BCUT2D eigenvalue weighted by Crippen LogP contribution is -2.12. The molecule has 1 aromatic carbocycles. The first kappa shape index (κ1) is 17.8. The van der Waals surface area contributed by atoms with E-state index in [1.54, 1.807) is 41.7 Å². The van der Waals surface area contributed by atoms with Gasteiger partial charge in [0, 0.05) is 21.9 Å². The first-order chi connectivity index (χ1) is 13.2. The minimum absolute atomic E-state index is 0.0704. The van der Waals surface area contributed by atoms with Gasteiger partial charge < -0.3 is 4.74 Å². The molecule has 4 nitrogen and oxygen atoms in total. The van der Waals surface area contributed by atoms with Gasteiger partial charge in [0.25, 0.3) is 0 Å². The summed E-state index contributed by atoms with van der Waals surface area (Å²) < 4.78 is 5.41. The standard InChI is InChI=1S/C20H13NO3S3/c22-18(17-6-3-8-26-17)15-4-1-2-5-16(15)20(23)24-10-14-12-27-19(21-14)13-7-9-25-11-13/h1-9,11-12H,10H2. The third-order valence-electron chi connectivity index (χ3n) is 3.81. The molecule has 134 valence electrons. The van der Waals surface area contributed by atoms with Crippen LogP contribution in [0.5, 0.6) is 0 Å². The molecule has 0 aliphatic rings. The molecule has 7 heteroatoms. The predicted molar refractivity (Wildman–Crippen MR) is 109 cm³/mol. The summed E-state index contributed by atoms with van der Waals surface area (Å²) in [5.41, 5.74) is 2.37. The van der Waals surface area contributed by atoms with Gasteiger partial charge in [0.1, 0.15) is 11.6 Å². The monoisotopic (exact) mass is 411 g/mol. The van der Waals surface area contributed by atoms with Crippen LogP contribution in [-0.4, -0.2) is 16.7 Å². The summed E-state index contributed by atoms with van der Waals surface area (Å²) in [7, 11) is 0. The van der Waals surface area contributed by atoms with Gasteiger partial charge in [-0.1, -0.05) is 24.3 Å². The number of hydrogen-bond acceptors (Lipinski definition) is 7. The molecule has 0 aliphatic heterocycles. The van der Waals surface area contributed by atoms with Gasteiger partial charge in [-0.05, 0) is 29.0 Å². The molecule has 0 bridgehead atoms. The van der Waals surface area contributed by atoms with E-state index in [1.165, 1.54) is 22.7 Å². The van der Waals surface area contributed by atoms with Crippen LogP contribution in [0.25, 0.3) is 10.6 Å². The minimum Gasteiger partial charge on any atom is -0.456 e. The number of hydrogen-bond donors (Lipinski definition) is 0. The molecule has 0 radical (unpaired) electrons. The Balaban J connectivity index is 1.48. The normalized spacial score (nSPS) is 10.7. The molecule has 27 heavy (non-hydrogen) atoms. The van der Waals surface area contributed by atoms with E-state index >= 15 is 0 Å². The summed E-state index contributed by atoms with van der Waals surface area (Å²) in [6.07, 6.45) is 0. The first-order valence-electron chi connectivity index (χ1n) is 8.03. The number of rotatable bonds is 6. The van der Waals surface area contributed by atoms with Crippen LogP contribution in [0.3, 0.4) is 0 Å². The van der Waals surface area contributed by atoms with Crippen molar-refractivity contribution in [2.24, 2.45) is 0 Å². The van der Waals surface area contributed by atoms with Gasteiger partial charge in [-0.15, -0.1) is 22.7 Å². The van der Waals surface area contributed by atoms with Gasteiger partial charge in [0.2, 0.25) is 5.78 Å².